The van der Waals surface area contributed by atoms with Gasteiger partial charge in [-0.25, -0.2) is 8.42 Å². The lowest BCUT2D eigenvalue weighted by atomic mass is 10.0. The minimum Gasteiger partial charge on any atom is -0.341 e. The molecule has 1 aliphatic heterocycles. The van der Waals surface area contributed by atoms with Crippen LogP contribution in [0, 0.1) is 5.92 Å². The molecule has 0 bridgehead atoms. The van der Waals surface area contributed by atoms with Crippen LogP contribution >= 0.6 is 22.9 Å². The predicted molar refractivity (Wildman–Crippen MR) is 77.2 cm³/mol. The van der Waals surface area contributed by atoms with Gasteiger partial charge in [0.05, 0.1) is 22.4 Å². The maximum absolute atomic E-state index is 12.0. The van der Waals surface area contributed by atoms with Gasteiger partial charge >= 0.3 is 0 Å². The molecule has 1 aromatic rings. The van der Waals surface area contributed by atoms with Crippen LogP contribution in [0.15, 0.2) is 12.1 Å². The standard InChI is InChI=1S/C12H16ClNO3S2/c1-14(7-10-2-3-11(13)18-10)12(15)6-9-4-5-19(16,17)8-9/h2-3,9H,4-8H2,1H3. The topological polar surface area (TPSA) is 54.5 Å². The van der Waals surface area contributed by atoms with Crippen LogP contribution in [-0.2, 0) is 21.2 Å². The first-order chi connectivity index (χ1) is 8.85. The Hall–Kier alpha value is -0.590. The van der Waals surface area contributed by atoms with Gasteiger partial charge in [-0.3, -0.25) is 4.79 Å². The van der Waals surface area contributed by atoms with Crippen LogP contribution in [0.2, 0.25) is 4.34 Å². The van der Waals surface area contributed by atoms with Crippen LogP contribution < -0.4 is 0 Å². The van der Waals surface area contributed by atoms with Gasteiger partial charge in [-0.1, -0.05) is 11.6 Å². The van der Waals surface area contributed by atoms with Crippen LogP contribution in [-0.4, -0.2) is 37.8 Å². The van der Waals surface area contributed by atoms with E-state index in [1.165, 1.54) is 11.3 Å². The average molecular weight is 322 g/mol. The number of thiophene rings is 1. The molecule has 106 valence electrons. The molecular weight excluding hydrogens is 306 g/mol. The highest BCUT2D eigenvalue weighted by Gasteiger charge is 2.30. The maximum atomic E-state index is 12.0. The first-order valence-corrected chi connectivity index (χ1v) is 9.06. The fourth-order valence-electron chi connectivity index (χ4n) is 2.19. The molecule has 1 atom stereocenters. The van der Waals surface area contributed by atoms with Crippen molar-refractivity contribution in [3.63, 3.8) is 0 Å². The summed E-state index contributed by atoms with van der Waals surface area (Å²) in [7, 11) is -1.17. The number of carbonyl (C=O) groups is 1. The minimum atomic E-state index is -2.91. The molecule has 0 spiro atoms. The van der Waals surface area contributed by atoms with Crippen molar-refractivity contribution in [3.05, 3.63) is 21.3 Å². The molecule has 1 saturated heterocycles. The molecule has 1 unspecified atom stereocenters. The molecule has 1 amide bonds. The van der Waals surface area contributed by atoms with Gasteiger partial charge in [0.15, 0.2) is 9.84 Å². The number of sulfone groups is 1. The lowest BCUT2D eigenvalue weighted by molar-refractivity contribution is -0.131. The van der Waals surface area contributed by atoms with E-state index < -0.39 is 9.84 Å². The zero-order valence-corrected chi connectivity index (χ0v) is 13.0. The maximum Gasteiger partial charge on any atom is 0.222 e. The van der Waals surface area contributed by atoms with Gasteiger partial charge in [-0.2, -0.15) is 0 Å². The molecule has 7 heteroatoms. The Balaban J connectivity index is 1.86. The summed E-state index contributed by atoms with van der Waals surface area (Å²) >= 11 is 7.29. The fourth-order valence-corrected chi connectivity index (χ4v) is 5.20. The second-order valence-electron chi connectivity index (χ2n) is 4.93. The van der Waals surface area contributed by atoms with Crippen LogP contribution in [0.3, 0.4) is 0 Å². The lowest BCUT2D eigenvalue weighted by Gasteiger charge is -2.18. The Kier molecular flexibility index (Phi) is 4.53. The second-order valence-corrected chi connectivity index (χ2v) is 8.96. The fraction of sp³-hybridized carbons (Fsp3) is 0.583. The predicted octanol–water partition coefficient (Wildman–Crippen LogP) is 2.18. The number of halogens is 1. The first kappa shape index (κ1) is 14.8. The average Bonchev–Trinajstić information content (AvgIpc) is 2.85. The Morgan fingerprint density at radius 1 is 1.53 bits per heavy atom. The Bertz CT molecular complexity index is 567. The molecule has 0 aromatic carbocycles. The molecule has 1 fully saturated rings. The van der Waals surface area contributed by atoms with Crippen molar-refractivity contribution in [2.24, 2.45) is 5.92 Å². The van der Waals surface area contributed by atoms with Crippen molar-refractivity contribution in [1.82, 2.24) is 4.90 Å². The number of rotatable bonds is 4. The van der Waals surface area contributed by atoms with Gasteiger partial charge in [0, 0.05) is 18.3 Å². The third-order valence-electron chi connectivity index (χ3n) is 3.24. The SMILES string of the molecule is CN(Cc1ccc(Cl)s1)C(=O)CC1CCS(=O)(=O)C1. The highest BCUT2D eigenvalue weighted by atomic mass is 35.5. The summed E-state index contributed by atoms with van der Waals surface area (Å²) in [6, 6.07) is 3.71. The summed E-state index contributed by atoms with van der Waals surface area (Å²) < 4.78 is 23.4. The zero-order chi connectivity index (χ0) is 14.0. The summed E-state index contributed by atoms with van der Waals surface area (Å²) in [5.74, 6) is 0.338. The van der Waals surface area contributed by atoms with Crippen molar-refractivity contribution in [1.29, 1.82) is 0 Å². The molecule has 2 heterocycles. The van der Waals surface area contributed by atoms with E-state index >= 15 is 0 Å². The van der Waals surface area contributed by atoms with E-state index in [4.69, 9.17) is 11.6 Å². The van der Waals surface area contributed by atoms with Crippen molar-refractivity contribution >= 4 is 38.7 Å². The van der Waals surface area contributed by atoms with E-state index in [-0.39, 0.29) is 23.3 Å². The third-order valence-corrected chi connectivity index (χ3v) is 6.29. The quantitative estimate of drug-likeness (QED) is 0.854. The van der Waals surface area contributed by atoms with Crippen LogP contribution in [0.25, 0.3) is 0 Å². The van der Waals surface area contributed by atoms with Crippen molar-refractivity contribution in [2.45, 2.75) is 19.4 Å². The van der Waals surface area contributed by atoms with E-state index in [2.05, 4.69) is 0 Å². The second kappa shape index (κ2) is 5.81. The van der Waals surface area contributed by atoms with Crippen molar-refractivity contribution < 1.29 is 13.2 Å². The van der Waals surface area contributed by atoms with Crippen molar-refractivity contribution in [3.8, 4) is 0 Å². The van der Waals surface area contributed by atoms with E-state index in [0.717, 1.165) is 4.88 Å². The summed E-state index contributed by atoms with van der Waals surface area (Å²) in [6.45, 7) is 0.524. The first-order valence-electron chi connectivity index (χ1n) is 6.04. The van der Waals surface area contributed by atoms with E-state index in [1.54, 1.807) is 11.9 Å². The van der Waals surface area contributed by atoms with Gasteiger partial charge in [-0.15, -0.1) is 11.3 Å². The highest BCUT2D eigenvalue weighted by molar-refractivity contribution is 7.91. The van der Waals surface area contributed by atoms with Gasteiger partial charge in [-0.05, 0) is 24.5 Å². The third kappa shape index (κ3) is 4.19. The summed E-state index contributed by atoms with van der Waals surface area (Å²) in [5, 5.41) is 0. The smallest absolute Gasteiger partial charge is 0.222 e. The summed E-state index contributed by atoms with van der Waals surface area (Å²) in [4.78, 5) is 14.7. The molecule has 1 aromatic heterocycles. The molecule has 19 heavy (non-hydrogen) atoms. The van der Waals surface area contributed by atoms with E-state index in [9.17, 15) is 13.2 Å². The molecule has 2 rings (SSSR count). The van der Waals surface area contributed by atoms with Crippen LogP contribution in [0.4, 0.5) is 0 Å². The normalized spacial score (nSPS) is 21.5. The van der Waals surface area contributed by atoms with Gasteiger partial charge in [0.1, 0.15) is 0 Å². The minimum absolute atomic E-state index is 0.00776. The zero-order valence-electron chi connectivity index (χ0n) is 10.6. The van der Waals surface area contributed by atoms with E-state index in [1.807, 2.05) is 12.1 Å². The lowest BCUT2D eigenvalue weighted by Crippen LogP contribution is -2.28. The number of hydrogen-bond acceptors (Lipinski definition) is 4. The molecule has 0 N–H and O–H groups in total. The van der Waals surface area contributed by atoms with Crippen LogP contribution in [0.5, 0.6) is 0 Å². The molecule has 0 saturated carbocycles. The number of amides is 1. The Labute approximate surface area is 122 Å². The molecule has 0 radical (unpaired) electrons. The van der Waals surface area contributed by atoms with Gasteiger partial charge in [0.2, 0.25) is 5.91 Å². The highest BCUT2D eigenvalue weighted by Crippen LogP contribution is 2.24. The Morgan fingerprint density at radius 3 is 2.79 bits per heavy atom. The molecule has 0 aliphatic carbocycles. The molecule has 1 aliphatic rings. The number of carbonyl (C=O) groups excluding carboxylic acids is 1. The largest absolute Gasteiger partial charge is 0.341 e. The van der Waals surface area contributed by atoms with E-state index in [0.29, 0.717) is 23.7 Å². The molecular formula is C12H16ClNO3S2. The molecule has 4 nitrogen and oxygen atoms in total. The van der Waals surface area contributed by atoms with Gasteiger partial charge in [0.25, 0.3) is 0 Å². The number of nitrogens with zero attached hydrogens (tertiary/aromatic N) is 1. The summed E-state index contributed by atoms with van der Waals surface area (Å²) in [5.41, 5.74) is 0. The summed E-state index contributed by atoms with van der Waals surface area (Å²) in [6.07, 6.45) is 0.918. The van der Waals surface area contributed by atoms with Crippen molar-refractivity contribution in [2.75, 3.05) is 18.6 Å². The van der Waals surface area contributed by atoms with Crippen LogP contribution in [0.1, 0.15) is 17.7 Å². The number of hydrogen-bond donors (Lipinski definition) is 0. The Morgan fingerprint density at radius 2 is 2.26 bits per heavy atom. The van der Waals surface area contributed by atoms with Gasteiger partial charge < -0.3 is 4.90 Å². The monoisotopic (exact) mass is 321 g/mol.